The fourth-order valence-electron chi connectivity index (χ4n) is 3.81. The number of anilines is 2. The Balaban J connectivity index is 2.02. The van der Waals surface area contributed by atoms with Crippen LogP contribution in [0.5, 0.6) is 0 Å². The van der Waals surface area contributed by atoms with Gasteiger partial charge in [-0.1, -0.05) is 0 Å². The zero-order chi connectivity index (χ0) is 25.6. The number of aliphatic hydroxyl groups excluding tert-OH is 1. The normalized spacial score (nSPS) is 17.2. The number of morpholine rings is 1. The third-order valence-corrected chi connectivity index (χ3v) is 9.08. The summed E-state index contributed by atoms with van der Waals surface area (Å²) in [4.78, 5) is 11.8. The number of hydrogen-bond donors (Lipinski definition) is 5. The topological polar surface area (TPSA) is 123 Å². The zero-order valence-corrected chi connectivity index (χ0v) is 22.5. The molecule has 35 heavy (non-hydrogen) atoms. The molecule has 0 saturated carbocycles. The van der Waals surface area contributed by atoms with E-state index in [1.54, 1.807) is 13.8 Å². The van der Waals surface area contributed by atoms with Gasteiger partial charge in [0, 0.05) is 42.8 Å². The van der Waals surface area contributed by atoms with E-state index in [4.69, 9.17) is 26.9 Å². The number of ether oxygens (including phenoxy) is 1. The Morgan fingerprint density at radius 2 is 1.97 bits per heavy atom. The number of nitrogens with zero attached hydrogens (tertiary/aromatic N) is 3. The highest BCUT2D eigenvalue weighted by atomic mass is 32.3. The van der Waals surface area contributed by atoms with E-state index >= 15 is 0 Å². The molecule has 1 aliphatic rings. The highest BCUT2D eigenvalue weighted by molar-refractivity contribution is 8.25. The van der Waals surface area contributed by atoms with E-state index in [0.717, 1.165) is 23.6 Å². The molecule has 2 heterocycles. The fourth-order valence-corrected chi connectivity index (χ4v) is 5.56. The van der Waals surface area contributed by atoms with Crippen LogP contribution in [0.1, 0.15) is 39.8 Å². The first-order valence-corrected chi connectivity index (χ1v) is 14.0. The van der Waals surface area contributed by atoms with Gasteiger partial charge in [0.2, 0.25) is 0 Å². The standard InChI is InChI=1S/C24H37N5O4S2/c1-5-25-23(34)26-19-9-7-18(8-10-19)22-27-20(24(3,4)35(31,32)14-6-12-30)15-21(28-22)29-11-13-33-16-17(29)2/h7-10,15,17,30-32H,5-6,11-14,16H2,1-4H3,(H2,25,26,34)/t17-/m0/s1. The van der Waals surface area contributed by atoms with Crippen LogP contribution in [0.15, 0.2) is 30.3 Å². The zero-order valence-electron chi connectivity index (χ0n) is 20.8. The Morgan fingerprint density at radius 1 is 1.26 bits per heavy atom. The van der Waals surface area contributed by atoms with Gasteiger partial charge < -0.3 is 25.4 Å². The van der Waals surface area contributed by atoms with Crippen molar-refractivity contribution in [1.29, 1.82) is 0 Å². The third-order valence-electron chi connectivity index (χ3n) is 6.13. The van der Waals surface area contributed by atoms with Crippen LogP contribution in [-0.2, 0) is 9.48 Å². The maximum atomic E-state index is 11.0. The van der Waals surface area contributed by atoms with Gasteiger partial charge in [-0.15, -0.1) is 0 Å². The SMILES string of the molecule is CCNC(=S)Nc1ccc(-c2nc(N3CCOC[C@@H]3C)cc(C(C)(C)S(O)(O)CCCO)n2)cc1. The lowest BCUT2D eigenvalue weighted by Crippen LogP contribution is -2.44. The van der Waals surface area contributed by atoms with Gasteiger partial charge in [0.1, 0.15) is 5.82 Å². The van der Waals surface area contributed by atoms with Crippen LogP contribution < -0.4 is 15.5 Å². The predicted octanol–water partition coefficient (Wildman–Crippen LogP) is 4.04. The average Bonchev–Trinajstić information content (AvgIpc) is 2.83. The predicted molar refractivity (Wildman–Crippen MR) is 147 cm³/mol. The van der Waals surface area contributed by atoms with Crippen molar-refractivity contribution in [3.05, 3.63) is 36.0 Å². The quantitative estimate of drug-likeness (QED) is 0.308. The van der Waals surface area contributed by atoms with Crippen LogP contribution in [0.25, 0.3) is 11.4 Å². The summed E-state index contributed by atoms with van der Waals surface area (Å²) < 4.78 is 26.6. The van der Waals surface area contributed by atoms with Crippen LogP contribution in [-0.4, -0.2) is 74.0 Å². The van der Waals surface area contributed by atoms with Gasteiger partial charge >= 0.3 is 0 Å². The minimum absolute atomic E-state index is 0.102. The molecule has 1 aromatic heterocycles. The fraction of sp³-hybridized carbons (Fsp3) is 0.542. The Morgan fingerprint density at radius 3 is 2.60 bits per heavy atom. The Kier molecular flexibility index (Phi) is 9.30. The molecule has 1 fully saturated rings. The summed E-state index contributed by atoms with van der Waals surface area (Å²) in [5, 5.41) is 16.0. The van der Waals surface area contributed by atoms with E-state index in [-0.39, 0.29) is 18.4 Å². The molecule has 1 saturated heterocycles. The molecule has 1 aliphatic heterocycles. The summed E-state index contributed by atoms with van der Waals surface area (Å²) in [6.07, 6.45) is 0.306. The van der Waals surface area contributed by atoms with Gasteiger partial charge in [0.15, 0.2) is 10.9 Å². The molecular formula is C24H37N5O4S2. The lowest BCUT2D eigenvalue weighted by Gasteiger charge is -2.46. The van der Waals surface area contributed by atoms with E-state index < -0.39 is 15.3 Å². The van der Waals surface area contributed by atoms with Crippen molar-refractivity contribution in [2.45, 2.75) is 44.9 Å². The van der Waals surface area contributed by atoms with Gasteiger partial charge in [0.25, 0.3) is 0 Å². The maximum Gasteiger partial charge on any atom is 0.170 e. The minimum atomic E-state index is -3.09. The number of nitrogens with one attached hydrogen (secondary N) is 2. The Hall–Kier alpha value is -2.02. The van der Waals surface area contributed by atoms with Crippen molar-refractivity contribution >= 4 is 39.4 Å². The Bertz CT molecular complexity index is 1000. The van der Waals surface area contributed by atoms with E-state index in [2.05, 4.69) is 22.5 Å². The number of benzene rings is 1. The summed E-state index contributed by atoms with van der Waals surface area (Å²) in [5.74, 6) is 1.33. The van der Waals surface area contributed by atoms with E-state index in [9.17, 15) is 14.2 Å². The number of hydrogen-bond acceptors (Lipinski definition) is 8. The molecule has 2 aromatic rings. The van der Waals surface area contributed by atoms with Crippen molar-refractivity contribution in [3.8, 4) is 11.4 Å². The lowest BCUT2D eigenvalue weighted by molar-refractivity contribution is 0.0985. The van der Waals surface area contributed by atoms with Gasteiger partial charge in [0.05, 0.1) is 29.7 Å². The van der Waals surface area contributed by atoms with Crippen LogP contribution in [0.4, 0.5) is 11.5 Å². The second kappa shape index (κ2) is 11.8. The molecule has 0 aliphatic carbocycles. The van der Waals surface area contributed by atoms with Crippen LogP contribution >= 0.6 is 22.8 Å². The minimum Gasteiger partial charge on any atom is -0.396 e. The van der Waals surface area contributed by atoms with Crippen molar-refractivity contribution < 1.29 is 18.9 Å². The monoisotopic (exact) mass is 523 g/mol. The Labute approximate surface area is 214 Å². The first-order chi connectivity index (χ1) is 16.6. The molecule has 9 nitrogen and oxygen atoms in total. The third kappa shape index (κ3) is 6.60. The second-order valence-electron chi connectivity index (χ2n) is 9.07. The molecule has 1 aromatic carbocycles. The number of aliphatic hydroxyl groups is 1. The molecule has 1 atom stereocenters. The first-order valence-electron chi connectivity index (χ1n) is 11.8. The summed E-state index contributed by atoms with van der Waals surface area (Å²) in [5.41, 5.74) is 2.19. The molecule has 0 spiro atoms. The van der Waals surface area contributed by atoms with Crippen LogP contribution in [0.3, 0.4) is 0 Å². The highest BCUT2D eigenvalue weighted by Crippen LogP contribution is 2.58. The highest BCUT2D eigenvalue weighted by Gasteiger charge is 2.38. The van der Waals surface area contributed by atoms with E-state index in [1.807, 2.05) is 37.3 Å². The molecule has 5 N–H and O–H groups in total. The average molecular weight is 524 g/mol. The molecule has 3 rings (SSSR count). The molecule has 0 radical (unpaired) electrons. The molecular weight excluding hydrogens is 486 g/mol. The molecule has 0 amide bonds. The summed E-state index contributed by atoms with van der Waals surface area (Å²) in [6, 6.07) is 9.62. The number of rotatable bonds is 9. The largest absolute Gasteiger partial charge is 0.396 e. The van der Waals surface area contributed by atoms with Crippen molar-refractivity contribution in [2.24, 2.45) is 0 Å². The van der Waals surface area contributed by atoms with Crippen molar-refractivity contribution in [1.82, 2.24) is 15.3 Å². The maximum absolute atomic E-state index is 11.0. The number of aromatic nitrogens is 2. The van der Waals surface area contributed by atoms with Crippen molar-refractivity contribution in [2.75, 3.05) is 48.9 Å². The number of thiocarbonyl (C=S) groups is 1. The summed E-state index contributed by atoms with van der Waals surface area (Å²) in [7, 11) is -3.09. The summed E-state index contributed by atoms with van der Waals surface area (Å²) >= 11 is 5.26. The molecule has 0 unspecified atom stereocenters. The van der Waals surface area contributed by atoms with Crippen LogP contribution in [0.2, 0.25) is 0 Å². The van der Waals surface area contributed by atoms with Crippen molar-refractivity contribution in [3.63, 3.8) is 0 Å². The smallest absolute Gasteiger partial charge is 0.170 e. The first kappa shape index (κ1) is 27.6. The van der Waals surface area contributed by atoms with E-state index in [0.29, 0.717) is 42.8 Å². The van der Waals surface area contributed by atoms with Gasteiger partial charge in [-0.05, 0) is 70.6 Å². The molecule has 11 heteroatoms. The summed E-state index contributed by atoms with van der Waals surface area (Å²) in [6.45, 7) is 10.1. The second-order valence-corrected chi connectivity index (χ2v) is 12.2. The molecule has 194 valence electrons. The molecule has 0 bridgehead atoms. The lowest BCUT2D eigenvalue weighted by atomic mass is 10.1. The van der Waals surface area contributed by atoms with Gasteiger partial charge in [-0.25, -0.2) is 9.97 Å². The van der Waals surface area contributed by atoms with Gasteiger partial charge in [-0.2, -0.15) is 10.6 Å². The van der Waals surface area contributed by atoms with Crippen LogP contribution in [0, 0.1) is 0 Å². The van der Waals surface area contributed by atoms with E-state index in [1.165, 1.54) is 0 Å². The van der Waals surface area contributed by atoms with Gasteiger partial charge in [-0.3, -0.25) is 9.11 Å².